The highest BCUT2D eigenvalue weighted by molar-refractivity contribution is 7.89. The van der Waals surface area contributed by atoms with Crippen LogP contribution in [0.5, 0.6) is 0 Å². The lowest BCUT2D eigenvalue weighted by atomic mass is 10.1. The van der Waals surface area contributed by atoms with E-state index in [4.69, 9.17) is 16.7 Å². The van der Waals surface area contributed by atoms with Crippen molar-refractivity contribution < 1.29 is 18.3 Å². The van der Waals surface area contributed by atoms with Crippen molar-refractivity contribution in [3.63, 3.8) is 0 Å². The number of carboxylic acid groups (broad SMARTS) is 1. The summed E-state index contributed by atoms with van der Waals surface area (Å²) >= 11 is 5.77. The number of benzene rings is 1. The second-order valence-electron chi connectivity index (χ2n) is 4.88. The average molecular weight is 342 g/mol. The molecule has 2 aromatic rings. The Morgan fingerprint density at radius 3 is 2.64 bits per heavy atom. The Kier molecular flexibility index (Phi) is 3.67. The Balaban J connectivity index is 1.91. The molecule has 22 heavy (non-hydrogen) atoms. The highest BCUT2D eigenvalue weighted by Gasteiger charge is 2.31. The fraction of sp³-hybridized carbons (Fsp3) is 0.231. The maximum atomic E-state index is 12.6. The van der Waals surface area contributed by atoms with E-state index in [0.29, 0.717) is 22.7 Å². The Morgan fingerprint density at radius 1 is 1.32 bits per heavy atom. The molecule has 0 saturated carbocycles. The van der Waals surface area contributed by atoms with Crippen LogP contribution in [0.25, 0.3) is 0 Å². The van der Waals surface area contributed by atoms with Gasteiger partial charge in [-0.1, -0.05) is 11.6 Å². The van der Waals surface area contributed by atoms with E-state index in [1.54, 1.807) is 0 Å². The summed E-state index contributed by atoms with van der Waals surface area (Å²) in [5.41, 5.74) is 1.04. The van der Waals surface area contributed by atoms with Gasteiger partial charge in [0.1, 0.15) is 0 Å². The summed E-state index contributed by atoms with van der Waals surface area (Å²) in [6, 6.07) is 5.93. The number of hydrogen-bond acceptors (Lipinski definition) is 4. The predicted molar refractivity (Wildman–Crippen MR) is 78.3 cm³/mol. The molecule has 2 heterocycles. The summed E-state index contributed by atoms with van der Waals surface area (Å²) in [6.45, 7) is 0.276. The van der Waals surface area contributed by atoms with Gasteiger partial charge in [0.05, 0.1) is 17.1 Å². The molecule has 1 aliphatic rings. The second-order valence-corrected chi connectivity index (χ2v) is 7.25. The number of carboxylic acids is 1. The van der Waals surface area contributed by atoms with E-state index < -0.39 is 16.0 Å². The van der Waals surface area contributed by atoms with Crippen molar-refractivity contribution in [2.24, 2.45) is 0 Å². The number of hydrogen-bond donors (Lipinski definition) is 2. The van der Waals surface area contributed by atoms with Crippen LogP contribution in [0.15, 0.2) is 29.2 Å². The minimum absolute atomic E-state index is 0.0430. The van der Waals surface area contributed by atoms with Crippen molar-refractivity contribution in [1.29, 1.82) is 0 Å². The zero-order chi connectivity index (χ0) is 15.9. The van der Waals surface area contributed by atoms with Gasteiger partial charge < -0.3 is 5.11 Å². The summed E-state index contributed by atoms with van der Waals surface area (Å²) in [5, 5.41) is 15.8. The van der Waals surface area contributed by atoms with Crippen LogP contribution >= 0.6 is 11.6 Å². The van der Waals surface area contributed by atoms with Gasteiger partial charge in [-0.25, -0.2) is 13.2 Å². The molecule has 0 atom stereocenters. The van der Waals surface area contributed by atoms with Crippen LogP contribution in [0.3, 0.4) is 0 Å². The second kappa shape index (κ2) is 5.38. The molecule has 0 radical (unpaired) electrons. The number of carbonyl (C=O) groups is 1. The van der Waals surface area contributed by atoms with Gasteiger partial charge in [-0.05, 0) is 30.7 Å². The van der Waals surface area contributed by atoms with Crippen molar-refractivity contribution in [3.8, 4) is 0 Å². The Labute approximate surface area is 131 Å². The van der Waals surface area contributed by atoms with Gasteiger partial charge in [-0.2, -0.15) is 9.40 Å². The number of fused-ring (bicyclic) bond motifs is 1. The van der Waals surface area contributed by atoms with Crippen molar-refractivity contribution in [2.45, 2.75) is 17.9 Å². The first kappa shape index (κ1) is 15.0. The Morgan fingerprint density at radius 2 is 2.00 bits per heavy atom. The third kappa shape index (κ3) is 2.49. The SMILES string of the molecule is O=C(O)c1n[nH]c2c1CCN(S(=O)(=O)c1ccc(Cl)cc1)C2. The number of sulfonamides is 1. The molecule has 0 saturated heterocycles. The quantitative estimate of drug-likeness (QED) is 0.880. The first-order valence-corrected chi connectivity index (χ1v) is 8.26. The molecule has 1 aromatic heterocycles. The Hall–Kier alpha value is -1.90. The van der Waals surface area contributed by atoms with Crippen LogP contribution in [0.1, 0.15) is 21.7 Å². The van der Waals surface area contributed by atoms with Gasteiger partial charge in [0, 0.05) is 17.1 Å². The largest absolute Gasteiger partial charge is 0.476 e. The van der Waals surface area contributed by atoms with Crippen molar-refractivity contribution in [2.75, 3.05) is 6.54 Å². The fourth-order valence-electron chi connectivity index (χ4n) is 2.43. The summed E-state index contributed by atoms with van der Waals surface area (Å²) in [7, 11) is -3.65. The van der Waals surface area contributed by atoms with E-state index in [9.17, 15) is 13.2 Å². The predicted octanol–water partition coefficient (Wildman–Crippen LogP) is 1.51. The highest BCUT2D eigenvalue weighted by atomic mass is 35.5. The molecule has 7 nitrogen and oxygen atoms in total. The lowest BCUT2D eigenvalue weighted by Gasteiger charge is -2.26. The van der Waals surface area contributed by atoms with Gasteiger partial charge >= 0.3 is 5.97 Å². The van der Waals surface area contributed by atoms with Crippen LogP contribution in [0.2, 0.25) is 5.02 Å². The maximum Gasteiger partial charge on any atom is 0.356 e. The molecule has 1 aromatic carbocycles. The summed E-state index contributed by atoms with van der Waals surface area (Å²) in [4.78, 5) is 11.2. The van der Waals surface area contributed by atoms with Gasteiger partial charge in [0.25, 0.3) is 0 Å². The molecule has 0 spiro atoms. The molecule has 0 bridgehead atoms. The molecule has 116 valence electrons. The number of halogens is 1. The van der Waals surface area contributed by atoms with Gasteiger partial charge in [0.2, 0.25) is 10.0 Å². The number of aromatic nitrogens is 2. The summed E-state index contributed by atoms with van der Waals surface area (Å²) in [5.74, 6) is -1.12. The minimum atomic E-state index is -3.65. The number of aromatic carboxylic acids is 1. The van der Waals surface area contributed by atoms with Gasteiger partial charge in [0.15, 0.2) is 5.69 Å². The first-order chi connectivity index (χ1) is 10.4. The Bertz CT molecular complexity index is 829. The van der Waals surface area contributed by atoms with E-state index in [1.807, 2.05) is 0 Å². The number of H-pyrrole nitrogens is 1. The van der Waals surface area contributed by atoms with E-state index in [2.05, 4.69) is 10.2 Å². The maximum absolute atomic E-state index is 12.6. The van der Waals surface area contributed by atoms with Crippen LogP contribution in [0.4, 0.5) is 0 Å². The molecule has 1 aliphatic heterocycles. The molecule has 3 rings (SSSR count). The number of nitrogens with one attached hydrogen (secondary N) is 1. The van der Waals surface area contributed by atoms with E-state index in [1.165, 1.54) is 28.6 Å². The monoisotopic (exact) mass is 341 g/mol. The molecule has 9 heteroatoms. The van der Waals surface area contributed by atoms with Crippen LogP contribution in [-0.2, 0) is 23.0 Å². The van der Waals surface area contributed by atoms with E-state index in [0.717, 1.165) is 0 Å². The van der Waals surface area contributed by atoms with Crippen molar-refractivity contribution in [1.82, 2.24) is 14.5 Å². The zero-order valence-electron chi connectivity index (χ0n) is 11.3. The standard InChI is InChI=1S/C13H12ClN3O4S/c14-8-1-3-9(4-2-8)22(20,21)17-6-5-10-11(7-17)15-16-12(10)13(18)19/h1-4H,5-7H2,(H,15,16)(H,18,19). The number of aromatic amines is 1. The topological polar surface area (TPSA) is 103 Å². The molecule has 0 fully saturated rings. The smallest absolute Gasteiger partial charge is 0.356 e. The minimum Gasteiger partial charge on any atom is -0.476 e. The third-order valence-electron chi connectivity index (χ3n) is 3.55. The highest BCUT2D eigenvalue weighted by Crippen LogP contribution is 2.26. The number of nitrogens with zero attached hydrogens (tertiary/aromatic N) is 2. The van der Waals surface area contributed by atoms with Crippen LogP contribution in [0, 0.1) is 0 Å². The van der Waals surface area contributed by atoms with Crippen molar-refractivity contribution >= 4 is 27.6 Å². The molecular weight excluding hydrogens is 330 g/mol. The summed E-state index contributed by atoms with van der Waals surface area (Å²) < 4.78 is 26.5. The van der Waals surface area contributed by atoms with E-state index >= 15 is 0 Å². The fourth-order valence-corrected chi connectivity index (χ4v) is 3.97. The third-order valence-corrected chi connectivity index (χ3v) is 5.66. The lowest BCUT2D eigenvalue weighted by Crippen LogP contribution is -2.36. The van der Waals surface area contributed by atoms with Crippen LogP contribution < -0.4 is 0 Å². The molecular formula is C13H12ClN3O4S. The lowest BCUT2D eigenvalue weighted by molar-refractivity contribution is 0.0689. The van der Waals surface area contributed by atoms with E-state index in [-0.39, 0.29) is 23.7 Å². The zero-order valence-corrected chi connectivity index (χ0v) is 12.9. The average Bonchev–Trinajstić information content (AvgIpc) is 2.90. The van der Waals surface area contributed by atoms with Gasteiger partial charge in [-0.15, -0.1) is 0 Å². The number of rotatable bonds is 3. The van der Waals surface area contributed by atoms with Gasteiger partial charge in [-0.3, -0.25) is 5.10 Å². The van der Waals surface area contributed by atoms with Crippen molar-refractivity contribution in [3.05, 3.63) is 46.2 Å². The normalized spacial score (nSPS) is 15.5. The molecule has 2 N–H and O–H groups in total. The molecule has 0 unspecified atom stereocenters. The molecule has 0 amide bonds. The van der Waals surface area contributed by atoms with Crippen LogP contribution in [-0.4, -0.2) is 40.5 Å². The molecule has 0 aliphatic carbocycles. The summed E-state index contributed by atoms with van der Waals surface area (Å²) in [6.07, 6.45) is 0.306. The first-order valence-electron chi connectivity index (χ1n) is 6.44.